The third-order valence-corrected chi connectivity index (χ3v) is 3.48. The van der Waals surface area contributed by atoms with Crippen LogP contribution in [0.1, 0.15) is 28.1 Å². The second kappa shape index (κ2) is 2.52. The largest absolute Gasteiger partial charge is 0.303 e. The van der Waals surface area contributed by atoms with Crippen molar-refractivity contribution in [2.45, 2.75) is 12.8 Å². The smallest absolute Gasteiger partial charge is 0.174 e. The molecular weight excluding hydrogens is 172 g/mol. The van der Waals surface area contributed by atoms with E-state index in [1.54, 1.807) is 11.3 Å². The van der Waals surface area contributed by atoms with E-state index in [1.807, 2.05) is 18.4 Å². The lowest BCUT2D eigenvalue weighted by atomic mass is 9.99. The molecule has 2 nitrogen and oxygen atoms in total. The van der Waals surface area contributed by atoms with E-state index in [0.717, 1.165) is 16.7 Å². The summed E-state index contributed by atoms with van der Waals surface area (Å²) in [5.41, 5.74) is 0.754. The molecule has 1 aliphatic carbocycles. The molecule has 0 aromatic carbocycles. The van der Waals surface area contributed by atoms with Crippen molar-refractivity contribution in [2.24, 2.45) is 5.92 Å². The van der Waals surface area contributed by atoms with Gasteiger partial charge in [-0.2, -0.15) is 0 Å². The van der Waals surface area contributed by atoms with E-state index in [9.17, 15) is 9.59 Å². The molecule has 1 aliphatic rings. The first-order valence-electron chi connectivity index (χ1n) is 3.82. The third kappa shape index (κ3) is 0.799. The molecule has 12 heavy (non-hydrogen) atoms. The van der Waals surface area contributed by atoms with E-state index in [-0.39, 0.29) is 11.7 Å². The molecule has 2 atom stereocenters. The summed E-state index contributed by atoms with van der Waals surface area (Å²) in [6.07, 6.45) is 0.764. The number of carbonyl (C=O) groups excluding carboxylic acids is 2. The molecule has 0 radical (unpaired) electrons. The number of carbonyl (C=O) groups is 2. The average Bonchev–Trinajstić information content (AvgIpc) is 2.58. The molecule has 3 heteroatoms. The fourth-order valence-corrected chi connectivity index (χ4v) is 2.63. The van der Waals surface area contributed by atoms with Crippen LogP contribution in [0.2, 0.25) is 0 Å². The van der Waals surface area contributed by atoms with Crippen molar-refractivity contribution >= 4 is 23.4 Å². The van der Waals surface area contributed by atoms with E-state index in [1.165, 1.54) is 0 Å². The zero-order valence-electron chi connectivity index (χ0n) is 6.61. The molecule has 0 amide bonds. The van der Waals surface area contributed by atoms with E-state index in [4.69, 9.17) is 0 Å². The number of fused-ring (bicyclic) bond motifs is 1. The molecule has 0 spiro atoms. The lowest BCUT2D eigenvalue weighted by Crippen LogP contribution is -2.12. The Morgan fingerprint density at radius 2 is 2.33 bits per heavy atom. The Morgan fingerprint density at radius 3 is 2.92 bits per heavy atom. The van der Waals surface area contributed by atoms with Crippen LogP contribution in [0.15, 0.2) is 11.4 Å². The summed E-state index contributed by atoms with van der Waals surface area (Å²) < 4.78 is 0. The minimum Gasteiger partial charge on any atom is -0.303 e. The Bertz CT molecular complexity index is 340. The van der Waals surface area contributed by atoms with Crippen molar-refractivity contribution in [1.29, 1.82) is 0 Å². The van der Waals surface area contributed by atoms with Crippen LogP contribution in [-0.2, 0) is 4.79 Å². The molecule has 0 N–H and O–H groups in total. The van der Waals surface area contributed by atoms with Crippen LogP contribution in [-0.4, -0.2) is 12.1 Å². The summed E-state index contributed by atoms with van der Waals surface area (Å²) >= 11 is 1.56. The molecular formula is C9H8O2S. The number of Topliss-reactive ketones (excluding diaryl/α,β-unsaturated/α-hetero) is 1. The van der Waals surface area contributed by atoms with Crippen LogP contribution in [0.4, 0.5) is 0 Å². The zero-order chi connectivity index (χ0) is 8.72. The van der Waals surface area contributed by atoms with Crippen LogP contribution < -0.4 is 0 Å². The highest BCUT2D eigenvalue weighted by Crippen LogP contribution is 2.39. The van der Waals surface area contributed by atoms with E-state index >= 15 is 0 Å². The minimum atomic E-state index is -0.424. The number of ketones is 1. The number of aldehydes is 1. The van der Waals surface area contributed by atoms with Gasteiger partial charge in [-0.3, -0.25) is 4.79 Å². The van der Waals surface area contributed by atoms with Crippen LogP contribution in [0, 0.1) is 5.92 Å². The molecule has 1 heterocycles. The van der Waals surface area contributed by atoms with Crippen molar-refractivity contribution in [2.75, 3.05) is 0 Å². The molecule has 0 saturated heterocycles. The first-order chi connectivity index (χ1) is 5.75. The second-order valence-corrected chi connectivity index (χ2v) is 3.96. The van der Waals surface area contributed by atoms with Gasteiger partial charge in [0.25, 0.3) is 0 Å². The molecule has 2 unspecified atom stereocenters. The Labute approximate surface area is 74.2 Å². The third-order valence-electron chi connectivity index (χ3n) is 2.36. The topological polar surface area (TPSA) is 34.1 Å². The van der Waals surface area contributed by atoms with Gasteiger partial charge < -0.3 is 4.79 Å². The maximum Gasteiger partial charge on any atom is 0.174 e. The number of rotatable bonds is 1. The van der Waals surface area contributed by atoms with Gasteiger partial charge in [-0.25, -0.2) is 0 Å². The SMILES string of the molecule is CC1c2sccc2C(=O)C1C=O. The van der Waals surface area contributed by atoms with Gasteiger partial charge in [-0.15, -0.1) is 11.3 Å². The Kier molecular flexibility index (Phi) is 1.61. The Hall–Kier alpha value is -0.960. The molecule has 0 fully saturated rings. The van der Waals surface area contributed by atoms with Crippen LogP contribution >= 0.6 is 11.3 Å². The van der Waals surface area contributed by atoms with Gasteiger partial charge in [0.15, 0.2) is 5.78 Å². The minimum absolute atomic E-state index is 0.00579. The second-order valence-electron chi connectivity index (χ2n) is 3.01. The van der Waals surface area contributed by atoms with Crippen LogP contribution in [0.3, 0.4) is 0 Å². The van der Waals surface area contributed by atoms with Crippen molar-refractivity contribution < 1.29 is 9.59 Å². The summed E-state index contributed by atoms with van der Waals surface area (Å²) in [7, 11) is 0. The Morgan fingerprint density at radius 1 is 1.58 bits per heavy atom. The highest BCUT2D eigenvalue weighted by atomic mass is 32.1. The summed E-state index contributed by atoms with van der Waals surface area (Å²) in [6, 6.07) is 1.81. The van der Waals surface area contributed by atoms with Gasteiger partial charge >= 0.3 is 0 Å². The molecule has 2 rings (SSSR count). The van der Waals surface area contributed by atoms with Crippen molar-refractivity contribution in [3.8, 4) is 0 Å². The zero-order valence-corrected chi connectivity index (χ0v) is 7.43. The monoisotopic (exact) mass is 180 g/mol. The van der Waals surface area contributed by atoms with E-state index in [0.29, 0.717) is 0 Å². The first kappa shape index (κ1) is 7.68. The molecule has 62 valence electrons. The Balaban J connectivity index is 2.52. The maximum absolute atomic E-state index is 11.5. The molecule has 1 aromatic heterocycles. The van der Waals surface area contributed by atoms with Gasteiger partial charge in [0.05, 0.1) is 5.92 Å². The molecule has 0 aliphatic heterocycles. The number of hydrogen-bond acceptors (Lipinski definition) is 3. The fraction of sp³-hybridized carbons (Fsp3) is 0.333. The fourth-order valence-electron chi connectivity index (χ4n) is 1.63. The van der Waals surface area contributed by atoms with Gasteiger partial charge in [-0.1, -0.05) is 6.92 Å². The summed E-state index contributed by atoms with van der Waals surface area (Å²) in [4.78, 5) is 23.1. The van der Waals surface area contributed by atoms with Crippen molar-refractivity contribution in [3.05, 3.63) is 21.9 Å². The highest BCUT2D eigenvalue weighted by Gasteiger charge is 2.37. The average molecular weight is 180 g/mol. The van der Waals surface area contributed by atoms with Gasteiger partial charge in [0.2, 0.25) is 0 Å². The van der Waals surface area contributed by atoms with Crippen LogP contribution in [0.5, 0.6) is 0 Å². The summed E-state index contributed by atoms with van der Waals surface area (Å²) in [5.74, 6) is -0.341. The highest BCUT2D eigenvalue weighted by molar-refractivity contribution is 7.10. The lowest BCUT2D eigenvalue weighted by Gasteiger charge is -2.04. The number of hydrogen-bond donors (Lipinski definition) is 0. The standard InChI is InChI=1S/C9H8O2S/c1-5-7(4-10)8(11)6-2-3-12-9(5)6/h2-5,7H,1H3. The van der Waals surface area contributed by atoms with E-state index < -0.39 is 5.92 Å². The predicted molar refractivity (Wildman–Crippen MR) is 46.6 cm³/mol. The predicted octanol–water partition coefficient (Wildman–Crippen LogP) is 1.86. The summed E-state index contributed by atoms with van der Waals surface area (Å²) in [6.45, 7) is 1.93. The summed E-state index contributed by atoms with van der Waals surface area (Å²) in [5, 5.41) is 1.90. The normalized spacial score (nSPS) is 27.2. The lowest BCUT2D eigenvalue weighted by molar-refractivity contribution is -0.110. The van der Waals surface area contributed by atoms with Crippen molar-refractivity contribution in [3.63, 3.8) is 0 Å². The van der Waals surface area contributed by atoms with E-state index in [2.05, 4.69) is 0 Å². The quantitative estimate of drug-likeness (QED) is 0.488. The molecule has 1 aromatic rings. The maximum atomic E-state index is 11.5. The van der Waals surface area contributed by atoms with Gasteiger partial charge in [-0.05, 0) is 11.4 Å². The van der Waals surface area contributed by atoms with Gasteiger partial charge in [0.1, 0.15) is 6.29 Å². The number of thiophene rings is 1. The molecule has 0 saturated carbocycles. The van der Waals surface area contributed by atoms with Crippen LogP contribution in [0.25, 0.3) is 0 Å². The van der Waals surface area contributed by atoms with Gasteiger partial charge in [0, 0.05) is 16.4 Å². The molecule has 0 bridgehead atoms. The van der Waals surface area contributed by atoms with Crippen molar-refractivity contribution in [1.82, 2.24) is 0 Å². The first-order valence-corrected chi connectivity index (χ1v) is 4.70.